The van der Waals surface area contributed by atoms with E-state index in [0.717, 1.165) is 24.1 Å². The van der Waals surface area contributed by atoms with Gasteiger partial charge in [-0.1, -0.05) is 41.9 Å². The number of hydrogen-bond donors (Lipinski definition) is 0. The molecule has 0 saturated heterocycles. The van der Waals surface area contributed by atoms with Crippen LogP contribution < -0.4 is 0 Å². The van der Waals surface area contributed by atoms with E-state index < -0.39 is 0 Å². The van der Waals surface area contributed by atoms with Gasteiger partial charge in [0.2, 0.25) is 0 Å². The standard InChI is InChI=1S/C17H15ClN2/c18-16-9-8-14(11-13-5-2-1-3-6-13)17(20-16)15-7-4-10-19-12-15/h1-7,10-12,16H,8-9H2/b14-11+. The average molecular weight is 283 g/mol. The summed E-state index contributed by atoms with van der Waals surface area (Å²) in [4.78, 5) is 8.78. The van der Waals surface area contributed by atoms with Gasteiger partial charge >= 0.3 is 0 Å². The molecule has 2 aromatic rings. The highest BCUT2D eigenvalue weighted by Gasteiger charge is 2.19. The Balaban J connectivity index is 2.01. The second-order valence-corrected chi connectivity index (χ2v) is 5.28. The molecule has 2 nitrogen and oxygen atoms in total. The quantitative estimate of drug-likeness (QED) is 0.595. The molecular formula is C17H15ClN2. The van der Waals surface area contributed by atoms with Crippen molar-refractivity contribution in [3.8, 4) is 0 Å². The van der Waals surface area contributed by atoms with Crippen molar-refractivity contribution >= 4 is 23.4 Å². The van der Waals surface area contributed by atoms with Gasteiger partial charge in [-0.25, -0.2) is 0 Å². The van der Waals surface area contributed by atoms with Gasteiger partial charge in [0.05, 0.1) is 5.71 Å². The van der Waals surface area contributed by atoms with Crippen molar-refractivity contribution < 1.29 is 0 Å². The monoisotopic (exact) mass is 282 g/mol. The van der Waals surface area contributed by atoms with Crippen LogP contribution in [0.3, 0.4) is 0 Å². The van der Waals surface area contributed by atoms with E-state index in [0.29, 0.717) is 0 Å². The lowest BCUT2D eigenvalue weighted by molar-refractivity contribution is 0.763. The molecule has 1 atom stereocenters. The summed E-state index contributed by atoms with van der Waals surface area (Å²) in [6, 6.07) is 14.3. The minimum Gasteiger partial charge on any atom is -0.265 e. The minimum absolute atomic E-state index is 0.141. The van der Waals surface area contributed by atoms with E-state index in [2.05, 4.69) is 28.2 Å². The molecule has 1 aliphatic heterocycles. The number of benzene rings is 1. The number of pyridine rings is 1. The van der Waals surface area contributed by atoms with Gasteiger partial charge in [-0.15, -0.1) is 0 Å². The average Bonchev–Trinajstić information content (AvgIpc) is 2.51. The van der Waals surface area contributed by atoms with Gasteiger partial charge in [0.25, 0.3) is 0 Å². The Morgan fingerprint density at radius 2 is 1.95 bits per heavy atom. The molecule has 0 radical (unpaired) electrons. The lowest BCUT2D eigenvalue weighted by atomic mass is 9.95. The fourth-order valence-corrected chi connectivity index (χ4v) is 2.54. The molecule has 0 saturated carbocycles. The lowest BCUT2D eigenvalue weighted by Gasteiger charge is -2.19. The summed E-state index contributed by atoms with van der Waals surface area (Å²) in [5.74, 6) is 0. The van der Waals surface area contributed by atoms with Gasteiger partial charge in [0, 0.05) is 18.0 Å². The van der Waals surface area contributed by atoms with E-state index >= 15 is 0 Å². The number of aromatic nitrogens is 1. The van der Waals surface area contributed by atoms with Gasteiger partial charge in [0.1, 0.15) is 5.50 Å². The Bertz CT molecular complexity index is 633. The number of halogens is 1. The largest absolute Gasteiger partial charge is 0.265 e. The summed E-state index contributed by atoms with van der Waals surface area (Å²) in [6.07, 6.45) is 7.62. The van der Waals surface area contributed by atoms with Crippen LogP contribution in [0.2, 0.25) is 0 Å². The van der Waals surface area contributed by atoms with Crippen molar-refractivity contribution in [2.24, 2.45) is 4.99 Å². The molecule has 100 valence electrons. The molecule has 1 aliphatic rings. The molecular weight excluding hydrogens is 268 g/mol. The number of rotatable bonds is 2. The number of hydrogen-bond acceptors (Lipinski definition) is 2. The van der Waals surface area contributed by atoms with Crippen molar-refractivity contribution in [1.29, 1.82) is 0 Å². The Labute approximate surface area is 123 Å². The fourth-order valence-electron chi connectivity index (χ4n) is 2.33. The van der Waals surface area contributed by atoms with Gasteiger partial charge in [-0.05, 0) is 42.2 Å². The van der Waals surface area contributed by atoms with Crippen molar-refractivity contribution in [3.63, 3.8) is 0 Å². The van der Waals surface area contributed by atoms with E-state index in [1.807, 2.05) is 36.5 Å². The topological polar surface area (TPSA) is 25.2 Å². The molecule has 1 aromatic heterocycles. The highest BCUT2D eigenvalue weighted by molar-refractivity contribution is 6.24. The predicted molar refractivity (Wildman–Crippen MR) is 84.1 cm³/mol. The van der Waals surface area contributed by atoms with Crippen LogP contribution >= 0.6 is 11.6 Å². The van der Waals surface area contributed by atoms with Crippen LogP contribution in [-0.4, -0.2) is 16.2 Å². The summed E-state index contributed by atoms with van der Waals surface area (Å²) in [7, 11) is 0. The summed E-state index contributed by atoms with van der Waals surface area (Å²) in [5.41, 5.74) is 4.26. The second-order valence-electron chi connectivity index (χ2n) is 4.77. The van der Waals surface area contributed by atoms with Crippen molar-refractivity contribution in [2.75, 3.05) is 0 Å². The molecule has 2 heterocycles. The van der Waals surface area contributed by atoms with Crippen LogP contribution in [0, 0.1) is 0 Å². The number of allylic oxidation sites excluding steroid dienone is 1. The Kier molecular flexibility index (Phi) is 3.93. The lowest BCUT2D eigenvalue weighted by Crippen LogP contribution is -2.15. The van der Waals surface area contributed by atoms with Crippen molar-refractivity contribution in [1.82, 2.24) is 4.98 Å². The van der Waals surface area contributed by atoms with Crippen molar-refractivity contribution in [3.05, 3.63) is 71.6 Å². The second kappa shape index (κ2) is 6.02. The van der Waals surface area contributed by atoms with Crippen LogP contribution in [0.1, 0.15) is 24.0 Å². The van der Waals surface area contributed by atoms with E-state index in [9.17, 15) is 0 Å². The molecule has 1 unspecified atom stereocenters. The maximum Gasteiger partial charge on any atom is 0.124 e. The summed E-state index contributed by atoms with van der Waals surface area (Å²) in [5, 5.41) is 0. The summed E-state index contributed by atoms with van der Waals surface area (Å²) in [6.45, 7) is 0. The minimum atomic E-state index is -0.141. The van der Waals surface area contributed by atoms with Gasteiger partial charge < -0.3 is 0 Å². The molecule has 0 fully saturated rings. The molecule has 0 spiro atoms. The third-order valence-electron chi connectivity index (χ3n) is 3.30. The third kappa shape index (κ3) is 2.97. The summed E-state index contributed by atoms with van der Waals surface area (Å²) >= 11 is 6.19. The molecule has 0 amide bonds. The molecule has 3 heteroatoms. The number of nitrogens with zero attached hydrogens (tertiary/aromatic N) is 2. The molecule has 3 rings (SSSR count). The number of aliphatic imine (C=N–C) groups is 1. The van der Waals surface area contributed by atoms with Gasteiger partial charge in [-0.2, -0.15) is 0 Å². The fraction of sp³-hybridized carbons (Fsp3) is 0.176. The van der Waals surface area contributed by atoms with Gasteiger partial charge in [0.15, 0.2) is 0 Å². The zero-order valence-corrected chi connectivity index (χ0v) is 11.8. The smallest absolute Gasteiger partial charge is 0.124 e. The first kappa shape index (κ1) is 13.1. The van der Waals surface area contributed by atoms with E-state index in [1.165, 1.54) is 11.1 Å². The normalized spacial score (nSPS) is 20.8. The number of alkyl halides is 1. The van der Waals surface area contributed by atoms with Crippen LogP contribution in [0.4, 0.5) is 0 Å². The highest BCUT2D eigenvalue weighted by Crippen LogP contribution is 2.26. The first-order chi connectivity index (χ1) is 9.83. The van der Waals surface area contributed by atoms with Crippen LogP contribution in [0.5, 0.6) is 0 Å². The Hall–Kier alpha value is -1.93. The molecule has 0 bridgehead atoms. The first-order valence-electron chi connectivity index (χ1n) is 6.71. The zero-order chi connectivity index (χ0) is 13.8. The van der Waals surface area contributed by atoms with Crippen molar-refractivity contribution in [2.45, 2.75) is 18.3 Å². The Morgan fingerprint density at radius 1 is 1.10 bits per heavy atom. The van der Waals surface area contributed by atoms with Crippen LogP contribution in [-0.2, 0) is 0 Å². The maximum atomic E-state index is 6.19. The maximum absolute atomic E-state index is 6.19. The molecule has 20 heavy (non-hydrogen) atoms. The van der Waals surface area contributed by atoms with E-state index in [-0.39, 0.29) is 5.50 Å². The first-order valence-corrected chi connectivity index (χ1v) is 7.15. The zero-order valence-electron chi connectivity index (χ0n) is 11.0. The van der Waals surface area contributed by atoms with E-state index in [4.69, 9.17) is 11.6 Å². The van der Waals surface area contributed by atoms with E-state index in [1.54, 1.807) is 6.20 Å². The summed E-state index contributed by atoms with van der Waals surface area (Å²) < 4.78 is 0. The predicted octanol–water partition coefficient (Wildman–Crippen LogP) is 4.31. The van der Waals surface area contributed by atoms with Crippen LogP contribution in [0.25, 0.3) is 6.08 Å². The van der Waals surface area contributed by atoms with Gasteiger partial charge in [-0.3, -0.25) is 9.98 Å². The highest BCUT2D eigenvalue weighted by atomic mass is 35.5. The molecule has 1 aromatic carbocycles. The third-order valence-corrected chi connectivity index (χ3v) is 3.62. The molecule has 0 N–H and O–H groups in total. The molecule has 0 aliphatic carbocycles. The Morgan fingerprint density at radius 3 is 2.70 bits per heavy atom. The van der Waals surface area contributed by atoms with Crippen LogP contribution in [0.15, 0.2) is 65.4 Å². The SMILES string of the molecule is ClC1CC/C(=C\c2ccccc2)C(c2cccnc2)=N1.